The molecule has 0 aliphatic carbocycles. The zero-order chi connectivity index (χ0) is 17.7. The number of hydrogen-bond donors (Lipinski definition) is 2. The number of carbonyl (C=O) groups excluding carboxylic acids is 1. The molecule has 0 bridgehead atoms. The Bertz CT molecular complexity index is 582. The number of hydrogen-bond acceptors (Lipinski definition) is 5. The summed E-state index contributed by atoms with van der Waals surface area (Å²) in [7, 11) is 5.14. The fourth-order valence-electron chi connectivity index (χ4n) is 2.97. The van der Waals surface area contributed by atoms with Gasteiger partial charge in [0.2, 0.25) is 0 Å². The number of nitrogens with zero attached hydrogens (tertiary/aromatic N) is 2. The second-order valence-electron chi connectivity index (χ2n) is 6.11. The number of ether oxygens (including phenoxy) is 1. The van der Waals surface area contributed by atoms with Crippen molar-refractivity contribution in [3.05, 3.63) is 23.5 Å². The van der Waals surface area contributed by atoms with Gasteiger partial charge in [-0.25, -0.2) is 4.39 Å². The van der Waals surface area contributed by atoms with E-state index in [0.717, 1.165) is 32.7 Å². The molecule has 24 heavy (non-hydrogen) atoms. The lowest BCUT2D eigenvalue weighted by Gasteiger charge is -2.24. The van der Waals surface area contributed by atoms with E-state index in [0.29, 0.717) is 11.4 Å². The maximum atomic E-state index is 14.0. The lowest BCUT2D eigenvalue weighted by Crippen LogP contribution is -2.46. The van der Waals surface area contributed by atoms with Crippen LogP contribution in [0.2, 0.25) is 0 Å². The van der Waals surface area contributed by atoms with Crippen LogP contribution in [0.4, 0.5) is 10.1 Å². The molecule has 1 fully saturated rings. The quantitative estimate of drug-likeness (QED) is 0.846. The molecule has 0 saturated carbocycles. The Morgan fingerprint density at radius 2 is 2.12 bits per heavy atom. The van der Waals surface area contributed by atoms with E-state index in [1.807, 2.05) is 7.05 Å². The average molecular weight is 338 g/mol. The molecular formula is C17H27FN4O2. The topological polar surface area (TPSA) is 56.8 Å². The van der Waals surface area contributed by atoms with Gasteiger partial charge in [0.05, 0.1) is 24.4 Å². The first-order valence-corrected chi connectivity index (χ1v) is 8.25. The van der Waals surface area contributed by atoms with Crippen molar-refractivity contribution in [1.82, 2.24) is 15.1 Å². The summed E-state index contributed by atoms with van der Waals surface area (Å²) in [5, 5.41) is 5.76. The van der Waals surface area contributed by atoms with Gasteiger partial charge in [-0.1, -0.05) is 6.92 Å². The summed E-state index contributed by atoms with van der Waals surface area (Å²) in [5.74, 6) is -0.436. The third-order valence-corrected chi connectivity index (χ3v) is 4.39. The van der Waals surface area contributed by atoms with Crippen LogP contribution in [0.25, 0.3) is 0 Å². The van der Waals surface area contributed by atoms with E-state index in [1.165, 1.54) is 19.2 Å². The number of amides is 1. The van der Waals surface area contributed by atoms with E-state index in [4.69, 9.17) is 4.74 Å². The third-order valence-electron chi connectivity index (χ3n) is 4.39. The molecule has 1 aliphatic heterocycles. The van der Waals surface area contributed by atoms with Crippen LogP contribution in [-0.2, 0) is 0 Å². The molecule has 0 aromatic heterocycles. The molecule has 1 amide bonds. The first-order chi connectivity index (χ1) is 11.5. The summed E-state index contributed by atoms with van der Waals surface area (Å²) >= 11 is 0. The molecule has 0 spiro atoms. The molecule has 1 atom stereocenters. The van der Waals surface area contributed by atoms with Gasteiger partial charge in [0.25, 0.3) is 5.91 Å². The van der Waals surface area contributed by atoms with Crippen molar-refractivity contribution in [2.24, 2.45) is 0 Å². The molecule has 6 nitrogen and oxygen atoms in total. The first kappa shape index (κ1) is 18.5. The second kappa shape index (κ2) is 8.30. The minimum Gasteiger partial charge on any atom is -0.496 e. The van der Waals surface area contributed by atoms with Gasteiger partial charge in [0.1, 0.15) is 11.6 Å². The lowest BCUT2D eigenvalue weighted by molar-refractivity contribution is 0.0921. The van der Waals surface area contributed by atoms with Crippen molar-refractivity contribution in [3.8, 4) is 5.75 Å². The van der Waals surface area contributed by atoms with Crippen molar-refractivity contribution >= 4 is 11.6 Å². The Kier molecular flexibility index (Phi) is 6.39. The number of halogens is 1. The van der Waals surface area contributed by atoms with E-state index >= 15 is 0 Å². The van der Waals surface area contributed by atoms with Gasteiger partial charge in [-0.15, -0.1) is 0 Å². The second-order valence-corrected chi connectivity index (χ2v) is 6.11. The fraction of sp³-hybridized carbons (Fsp3) is 0.588. The van der Waals surface area contributed by atoms with Crippen LogP contribution in [0.15, 0.2) is 12.1 Å². The number of anilines is 1. The van der Waals surface area contributed by atoms with Crippen molar-refractivity contribution in [3.63, 3.8) is 0 Å². The molecule has 7 heteroatoms. The largest absolute Gasteiger partial charge is 0.496 e. The van der Waals surface area contributed by atoms with Crippen LogP contribution >= 0.6 is 0 Å². The molecule has 1 aromatic carbocycles. The van der Waals surface area contributed by atoms with Gasteiger partial charge in [-0.3, -0.25) is 4.79 Å². The Morgan fingerprint density at radius 1 is 1.38 bits per heavy atom. The number of carbonyl (C=O) groups is 1. The van der Waals surface area contributed by atoms with Crippen LogP contribution in [0.5, 0.6) is 5.75 Å². The highest BCUT2D eigenvalue weighted by Gasteiger charge is 2.24. The molecule has 2 rings (SSSR count). The van der Waals surface area contributed by atoms with E-state index < -0.39 is 5.82 Å². The molecule has 1 saturated heterocycles. The SMILES string of the molecule is CCN1CCN(C)CC(NC(=O)c2cc(F)c(NC)cc2OC)C1. The number of rotatable bonds is 5. The van der Waals surface area contributed by atoms with Crippen LogP contribution in [0.3, 0.4) is 0 Å². The van der Waals surface area contributed by atoms with Crippen molar-refractivity contribution < 1.29 is 13.9 Å². The lowest BCUT2D eigenvalue weighted by atomic mass is 10.1. The molecule has 1 aromatic rings. The molecule has 1 unspecified atom stereocenters. The first-order valence-electron chi connectivity index (χ1n) is 8.25. The van der Waals surface area contributed by atoms with E-state index in [9.17, 15) is 9.18 Å². The summed E-state index contributed by atoms with van der Waals surface area (Å²) in [6.07, 6.45) is 0. The zero-order valence-corrected chi connectivity index (χ0v) is 14.9. The fourth-order valence-corrected chi connectivity index (χ4v) is 2.97. The Morgan fingerprint density at radius 3 is 2.75 bits per heavy atom. The minimum atomic E-state index is -0.475. The number of benzene rings is 1. The van der Waals surface area contributed by atoms with E-state index in [-0.39, 0.29) is 17.5 Å². The summed E-state index contributed by atoms with van der Waals surface area (Å²) in [6, 6.07) is 2.71. The van der Waals surface area contributed by atoms with Gasteiger partial charge in [0, 0.05) is 39.3 Å². The monoisotopic (exact) mass is 338 g/mol. The highest BCUT2D eigenvalue weighted by molar-refractivity contribution is 5.97. The van der Waals surface area contributed by atoms with Gasteiger partial charge in [0.15, 0.2) is 0 Å². The van der Waals surface area contributed by atoms with Crippen LogP contribution in [0, 0.1) is 5.82 Å². The maximum absolute atomic E-state index is 14.0. The smallest absolute Gasteiger partial charge is 0.255 e. The predicted molar refractivity (Wildman–Crippen MR) is 93.4 cm³/mol. The minimum absolute atomic E-state index is 0.0123. The third kappa shape index (κ3) is 4.36. The summed E-state index contributed by atoms with van der Waals surface area (Å²) < 4.78 is 19.3. The van der Waals surface area contributed by atoms with Gasteiger partial charge < -0.3 is 25.2 Å². The molecule has 0 radical (unpaired) electrons. The maximum Gasteiger partial charge on any atom is 0.255 e. The summed E-state index contributed by atoms with van der Waals surface area (Å²) in [5.41, 5.74) is 0.513. The van der Waals surface area contributed by atoms with Gasteiger partial charge in [-0.05, 0) is 19.7 Å². The standard InChI is InChI=1S/C17H27FN4O2/c1-5-22-7-6-21(3)10-12(11-22)20-17(23)13-8-14(18)15(19-2)9-16(13)24-4/h8-9,12,19H,5-7,10-11H2,1-4H3,(H,20,23). The van der Waals surface area contributed by atoms with Crippen LogP contribution in [-0.4, -0.2) is 75.7 Å². The van der Waals surface area contributed by atoms with Gasteiger partial charge in [-0.2, -0.15) is 0 Å². The van der Waals surface area contributed by atoms with Crippen LogP contribution in [0.1, 0.15) is 17.3 Å². The normalized spacial score (nSPS) is 19.6. The Labute approximate surface area is 142 Å². The van der Waals surface area contributed by atoms with Crippen molar-refractivity contribution in [2.75, 3.05) is 59.2 Å². The highest BCUT2D eigenvalue weighted by Crippen LogP contribution is 2.26. The van der Waals surface area contributed by atoms with E-state index in [2.05, 4.69) is 27.4 Å². The van der Waals surface area contributed by atoms with Gasteiger partial charge >= 0.3 is 0 Å². The Balaban J connectivity index is 2.17. The number of nitrogens with one attached hydrogen (secondary N) is 2. The number of methoxy groups -OCH3 is 1. The molecule has 1 aliphatic rings. The van der Waals surface area contributed by atoms with Crippen molar-refractivity contribution in [1.29, 1.82) is 0 Å². The number of likely N-dealkylation sites (N-methyl/N-ethyl adjacent to an activating group) is 2. The summed E-state index contributed by atoms with van der Waals surface area (Å²) in [4.78, 5) is 17.1. The van der Waals surface area contributed by atoms with E-state index in [1.54, 1.807) is 7.05 Å². The summed E-state index contributed by atoms with van der Waals surface area (Å²) in [6.45, 7) is 6.55. The Hall–Kier alpha value is -1.86. The molecule has 1 heterocycles. The molecule has 2 N–H and O–H groups in total. The average Bonchev–Trinajstić information content (AvgIpc) is 2.75. The molecular weight excluding hydrogens is 311 g/mol. The van der Waals surface area contributed by atoms with Crippen LogP contribution < -0.4 is 15.4 Å². The highest BCUT2D eigenvalue weighted by atomic mass is 19.1. The molecule has 134 valence electrons. The predicted octanol–water partition coefficient (Wildman–Crippen LogP) is 1.24. The van der Waals surface area contributed by atoms with Crippen molar-refractivity contribution in [2.45, 2.75) is 13.0 Å². The zero-order valence-electron chi connectivity index (χ0n) is 14.9.